The molecule has 3 aromatic heterocycles. The van der Waals surface area contributed by atoms with Crippen molar-refractivity contribution < 1.29 is 14.3 Å². The highest BCUT2D eigenvalue weighted by Gasteiger charge is 2.13. The molecule has 0 spiro atoms. The van der Waals surface area contributed by atoms with Crippen molar-refractivity contribution in [2.45, 2.75) is 25.9 Å². The molecule has 0 saturated heterocycles. The number of thiazole rings is 1. The Labute approximate surface area is 131 Å². The predicted octanol–water partition coefficient (Wildman–Crippen LogP) is 2.08. The van der Waals surface area contributed by atoms with Gasteiger partial charge < -0.3 is 14.8 Å². The number of hydrogen-bond donors (Lipinski definition) is 2. The molecule has 0 fully saturated rings. The average molecular weight is 319 g/mol. The molecule has 1 amide bonds. The van der Waals surface area contributed by atoms with Gasteiger partial charge >= 0.3 is 0 Å². The fraction of sp³-hybridized carbons (Fsp3) is 0.333. The van der Waals surface area contributed by atoms with Gasteiger partial charge in [-0.3, -0.25) is 9.20 Å². The van der Waals surface area contributed by atoms with Crippen molar-refractivity contribution in [3.8, 4) is 0 Å². The summed E-state index contributed by atoms with van der Waals surface area (Å²) in [6.45, 7) is 2.10. The molecule has 3 heterocycles. The molecule has 0 saturated carbocycles. The summed E-state index contributed by atoms with van der Waals surface area (Å²) in [5.74, 6) is 0.357. The second-order valence-electron chi connectivity index (χ2n) is 5.10. The van der Waals surface area contributed by atoms with Crippen LogP contribution in [0, 0.1) is 6.92 Å². The van der Waals surface area contributed by atoms with Crippen LogP contribution in [0.15, 0.2) is 34.4 Å². The largest absolute Gasteiger partial charge is 0.467 e. The van der Waals surface area contributed by atoms with E-state index in [-0.39, 0.29) is 12.5 Å². The molecule has 3 rings (SSSR count). The summed E-state index contributed by atoms with van der Waals surface area (Å²) in [7, 11) is 0. The predicted molar refractivity (Wildman–Crippen MR) is 82.8 cm³/mol. The lowest BCUT2D eigenvalue weighted by atomic mass is 10.2. The normalized spacial score (nSPS) is 12.6. The second kappa shape index (κ2) is 6.33. The summed E-state index contributed by atoms with van der Waals surface area (Å²) in [5, 5.41) is 14.6. The highest BCUT2D eigenvalue weighted by atomic mass is 32.1. The zero-order valence-corrected chi connectivity index (χ0v) is 13.0. The van der Waals surface area contributed by atoms with Crippen LogP contribution in [0.4, 0.5) is 0 Å². The number of rotatable bonds is 6. The van der Waals surface area contributed by atoms with Crippen LogP contribution in [0.1, 0.15) is 29.7 Å². The topological polar surface area (TPSA) is 79.8 Å². The van der Waals surface area contributed by atoms with E-state index >= 15 is 0 Å². The fourth-order valence-electron chi connectivity index (χ4n) is 2.24. The Morgan fingerprint density at radius 3 is 3.23 bits per heavy atom. The lowest BCUT2D eigenvalue weighted by Gasteiger charge is -2.09. The molecule has 116 valence electrons. The third kappa shape index (κ3) is 3.20. The molecule has 3 aromatic rings. The van der Waals surface area contributed by atoms with Gasteiger partial charge in [0, 0.05) is 23.7 Å². The van der Waals surface area contributed by atoms with Crippen LogP contribution < -0.4 is 5.32 Å². The van der Waals surface area contributed by atoms with E-state index < -0.39 is 6.10 Å². The maximum absolute atomic E-state index is 11.9. The maximum atomic E-state index is 11.9. The molecule has 22 heavy (non-hydrogen) atoms. The molecule has 0 radical (unpaired) electrons. The Morgan fingerprint density at radius 1 is 1.59 bits per heavy atom. The summed E-state index contributed by atoms with van der Waals surface area (Å²) in [5.41, 5.74) is 2.04. The van der Waals surface area contributed by atoms with Gasteiger partial charge in [-0.15, -0.1) is 11.3 Å². The van der Waals surface area contributed by atoms with E-state index in [4.69, 9.17) is 4.42 Å². The lowest BCUT2D eigenvalue weighted by molar-refractivity contribution is -0.121. The van der Waals surface area contributed by atoms with E-state index in [0.29, 0.717) is 18.6 Å². The molecule has 7 heteroatoms. The van der Waals surface area contributed by atoms with Gasteiger partial charge in [-0.1, -0.05) is 0 Å². The number of nitrogens with zero attached hydrogens (tertiary/aromatic N) is 2. The quantitative estimate of drug-likeness (QED) is 0.729. The van der Waals surface area contributed by atoms with Gasteiger partial charge in [0.25, 0.3) is 0 Å². The van der Waals surface area contributed by atoms with E-state index in [1.165, 1.54) is 6.26 Å². The number of amides is 1. The van der Waals surface area contributed by atoms with Crippen LogP contribution in [0.2, 0.25) is 0 Å². The zero-order chi connectivity index (χ0) is 15.5. The van der Waals surface area contributed by atoms with Gasteiger partial charge in [-0.2, -0.15) is 0 Å². The minimum Gasteiger partial charge on any atom is -0.467 e. The van der Waals surface area contributed by atoms with E-state index in [9.17, 15) is 9.90 Å². The smallest absolute Gasteiger partial charge is 0.220 e. The number of imidazole rings is 1. The van der Waals surface area contributed by atoms with Crippen molar-refractivity contribution in [2.24, 2.45) is 0 Å². The molecule has 1 unspecified atom stereocenters. The fourth-order valence-corrected chi connectivity index (χ4v) is 3.20. The molecule has 0 aromatic carbocycles. The van der Waals surface area contributed by atoms with E-state index in [2.05, 4.69) is 10.3 Å². The van der Waals surface area contributed by atoms with Crippen LogP contribution in [-0.4, -0.2) is 26.9 Å². The summed E-state index contributed by atoms with van der Waals surface area (Å²) >= 11 is 1.57. The molecule has 0 aliphatic carbocycles. The number of aromatic nitrogens is 2. The first-order valence-corrected chi connectivity index (χ1v) is 7.91. The standard InChI is InChI=1S/C15H17N3O3S/c1-10-8-18-11(9-22-15(18)17-10)4-5-14(20)16-7-12(19)13-3-2-6-21-13/h2-3,6,8-9,12,19H,4-5,7H2,1H3,(H,16,20). The Bertz CT molecular complexity index is 760. The Morgan fingerprint density at radius 2 is 2.45 bits per heavy atom. The summed E-state index contributed by atoms with van der Waals surface area (Å²) in [6.07, 6.45) is 3.66. The molecular formula is C15H17N3O3S. The average Bonchev–Trinajstić information content (AvgIpc) is 3.19. The number of aryl methyl sites for hydroxylation is 2. The van der Waals surface area contributed by atoms with Crippen molar-refractivity contribution in [3.05, 3.63) is 47.1 Å². The number of hydrogen-bond acceptors (Lipinski definition) is 5. The SMILES string of the molecule is Cc1cn2c(CCC(=O)NCC(O)c3ccco3)csc2n1. The van der Waals surface area contributed by atoms with Gasteiger partial charge in [0.15, 0.2) is 4.96 Å². The number of aliphatic hydroxyl groups excluding tert-OH is 1. The van der Waals surface area contributed by atoms with Crippen molar-refractivity contribution in [1.82, 2.24) is 14.7 Å². The molecule has 1 atom stereocenters. The molecule has 0 aliphatic rings. The lowest BCUT2D eigenvalue weighted by Crippen LogP contribution is -2.28. The van der Waals surface area contributed by atoms with Crippen LogP contribution >= 0.6 is 11.3 Å². The number of aliphatic hydroxyl groups is 1. The highest BCUT2D eigenvalue weighted by Crippen LogP contribution is 2.17. The number of carbonyl (C=O) groups is 1. The van der Waals surface area contributed by atoms with Crippen molar-refractivity contribution in [1.29, 1.82) is 0 Å². The minimum atomic E-state index is -0.817. The van der Waals surface area contributed by atoms with Gasteiger partial charge in [0.2, 0.25) is 5.91 Å². The first kappa shape index (κ1) is 14.8. The van der Waals surface area contributed by atoms with Crippen molar-refractivity contribution >= 4 is 22.2 Å². The number of fused-ring (bicyclic) bond motifs is 1. The van der Waals surface area contributed by atoms with Gasteiger partial charge in [-0.25, -0.2) is 4.98 Å². The van der Waals surface area contributed by atoms with E-state index in [1.54, 1.807) is 23.5 Å². The second-order valence-corrected chi connectivity index (χ2v) is 5.93. The van der Waals surface area contributed by atoms with Gasteiger partial charge in [-0.05, 0) is 25.5 Å². The van der Waals surface area contributed by atoms with Crippen molar-refractivity contribution in [3.63, 3.8) is 0 Å². The highest BCUT2D eigenvalue weighted by molar-refractivity contribution is 7.15. The van der Waals surface area contributed by atoms with E-state index in [1.807, 2.05) is 22.9 Å². The zero-order valence-electron chi connectivity index (χ0n) is 12.2. The van der Waals surface area contributed by atoms with Crippen LogP contribution in [-0.2, 0) is 11.2 Å². The third-order valence-corrected chi connectivity index (χ3v) is 4.26. The van der Waals surface area contributed by atoms with Crippen LogP contribution in [0.5, 0.6) is 0 Å². The van der Waals surface area contributed by atoms with Crippen molar-refractivity contribution in [2.75, 3.05) is 6.54 Å². The van der Waals surface area contributed by atoms with Gasteiger partial charge in [0.05, 0.1) is 18.5 Å². The monoisotopic (exact) mass is 319 g/mol. The van der Waals surface area contributed by atoms with Crippen LogP contribution in [0.3, 0.4) is 0 Å². The van der Waals surface area contributed by atoms with E-state index in [0.717, 1.165) is 16.3 Å². The maximum Gasteiger partial charge on any atom is 0.220 e. The Balaban J connectivity index is 1.50. The number of nitrogens with one attached hydrogen (secondary N) is 1. The molecule has 6 nitrogen and oxygen atoms in total. The Hall–Kier alpha value is -2.12. The summed E-state index contributed by atoms with van der Waals surface area (Å²) in [6, 6.07) is 3.38. The Kier molecular flexibility index (Phi) is 4.26. The number of carbonyl (C=O) groups excluding carboxylic acids is 1. The number of furan rings is 1. The summed E-state index contributed by atoms with van der Waals surface area (Å²) in [4.78, 5) is 17.2. The summed E-state index contributed by atoms with van der Waals surface area (Å²) < 4.78 is 7.11. The third-order valence-electron chi connectivity index (χ3n) is 3.38. The first-order valence-electron chi connectivity index (χ1n) is 7.03. The minimum absolute atomic E-state index is 0.0956. The van der Waals surface area contributed by atoms with Crippen LogP contribution in [0.25, 0.3) is 4.96 Å². The first-order chi connectivity index (χ1) is 10.6. The molecular weight excluding hydrogens is 302 g/mol. The molecule has 0 bridgehead atoms. The molecule has 2 N–H and O–H groups in total. The van der Waals surface area contributed by atoms with Gasteiger partial charge in [0.1, 0.15) is 11.9 Å². The molecule has 0 aliphatic heterocycles.